The lowest BCUT2D eigenvalue weighted by Gasteiger charge is -2.18. The third kappa shape index (κ3) is 3.29. The van der Waals surface area contributed by atoms with Gasteiger partial charge >= 0.3 is 5.97 Å². The fourth-order valence-corrected chi connectivity index (χ4v) is 2.17. The molecule has 0 heterocycles. The zero-order valence-electron chi connectivity index (χ0n) is 9.12. The van der Waals surface area contributed by atoms with Gasteiger partial charge in [-0.15, -0.1) is 0 Å². The highest BCUT2D eigenvalue weighted by molar-refractivity contribution is 5.69. The third-order valence-electron chi connectivity index (χ3n) is 2.92. The van der Waals surface area contributed by atoms with E-state index in [4.69, 9.17) is 4.74 Å². The van der Waals surface area contributed by atoms with Crippen LogP contribution in [0.4, 0.5) is 0 Å². The molecule has 0 bridgehead atoms. The van der Waals surface area contributed by atoms with E-state index in [-0.39, 0.29) is 5.97 Å². The Morgan fingerprint density at radius 2 is 2.21 bits per heavy atom. The van der Waals surface area contributed by atoms with Gasteiger partial charge in [-0.25, -0.2) is 0 Å². The second-order valence-corrected chi connectivity index (χ2v) is 3.80. The molecule has 3 nitrogen and oxygen atoms in total. The van der Waals surface area contributed by atoms with E-state index in [0.29, 0.717) is 18.4 Å². The van der Waals surface area contributed by atoms with E-state index in [1.165, 1.54) is 20.0 Å². The Hall–Kier alpha value is -0.570. The lowest BCUT2D eigenvalue weighted by Crippen LogP contribution is -2.19. The van der Waals surface area contributed by atoms with Gasteiger partial charge in [-0.05, 0) is 32.1 Å². The van der Waals surface area contributed by atoms with Gasteiger partial charge in [-0.3, -0.25) is 4.79 Å². The summed E-state index contributed by atoms with van der Waals surface area (Å²) in [7, 11) is 1.44. The third-order valence-corrected chi connectivity index (χ3v) is 2.92. The number of methoxy groups -OCH3 is 1. The molecule has 2 unspecified atom stereocenters. The zero-order chi connectivity index (χ0) is 10.4. The van der Waals surface area contributed by atoms with Gasteiger partial charge in [-0.1, -0.05) is 6.42 Å². The summed E-state index contributed by atoms with van der Waals surface area (Å²) in [6, 6.07) is 0. The molecule has 14 heavy (non-hydrogen) atoms. The average molecular weight is 200 g/mol. The largest absolute Gasteiger partial charge is 0.469 e. The molecule has 0 radical (unpaired) electrons. The highest BCUT2D eigenvalue weighted by Gasteiger charge is 2.27. The highest BCUT2D eigenvalue weighted by atomic mass is 16.5. The van der Waals surface area contributed by atoms with E-state index >= 15 is 0 Å². The molecule has 1 rings (SSSR count). The highest BCUT2D eigenvalue weighted by Crippen LogP contribution is 2.31. The molecule has 82 valence electrons. The Labute approximate surface area is 85.8 Å². The number of ether oxygens (including phenoxy) is 2. The number of hydrogen-bond acceptors (Lipinski definition) is 3. The monoisotopic (exact) mass is 200 g/mol. The van der Waals surface area contributed by atoms with Crippen LogP contribution in [0, 0.1) is 5.92 Å². The van der Waals surface area contributed by atoms with Gasteiger partial charge in [0.1, 0.15) is 0 Å². The molecule has 0 aromatic heterocycles. The minimum absolute atomic E-state index is 0.104. The normalized spacial score (nSPS) is 26.4. The number of carbonyl (C=O) groups excluding carboxylic acids is 1. The average Bonchev–Trinajstić information content (AvgIpc) is 2.62. The van der Waals surface area contributed by atoms with Gasteiger partial charge in [0.05, 0.1) is 13.2 Å². The number of carbonyl (C=O) groups is 1. The van der Waals surface area contributed by atoms with Crippen molar-refractivity contribution in [2.45, 2.75) is 45.1 Å². The van der Waals surface area contributed by atoms with E-state index in [1.807, 2.05) is 6.92 Å². The first kappa shape index (κ1) is 11.5. The second kappa shape index (κ2) is 6.02. The molecule has 0 aliphatic heterocycles. The van der Waals surface area contributed by atoms with Gasteiger partial charge in [0, 0.05) is 13.0 Å². The van der Waals surface area contributed by atoms with E-state index < -0.39 is 0 Å². The molecule has 0 amide bonds. The maximum Gasteiger partial charge on any atom is 0.305 e. The summed E-state index contributed by atoms with van der Waals surface area (Å²) in [5, 5.41) is 0. The first-order valence-electron chi connectivity index (χ1n) is 5.46. The molecule has 0 N–H and O–H groups in total. The fraction of sp³-hybridized carbons (Fsp3) is 0.909. The first-order valence-corrected chi connectivity index (χ1v) is 5.46. The van der Waals surface area contributed by atoms with Crippen LogP contribution in [-0.4, -0.2) is 25.8 Å². The van der Waals surface area contributed by atoms with Crippen molar-refractivity contribution < 1.29 is 14.3 Å². The van der Waals surface area contributed by atoms with Crippen molar-refractivity contribution in [3.8, 4) is 0 Å². The van der Waals surface area contributed by atoms with Crippen molar-refractivity contribution in [1.29, 1.82) is 0 Å². The summed E-state index contributed by atoms with van der Waals surface area (Å²) in [6.07, 6.45) is 5.41. The Balaban J connectivity index is 2.25. The Bertz CT molecular complexity index is 179. The number of hydrogen-bond donors (Lipinski definition) is 0. The number of esters is 1. The van der Waals surface area contributed by atoms with E-state index in [1.54, 1.807) is 0 Å². The van der Waals surface area contributed by atoms with Crippen LogP contribution in [0.3, 0.4) is 0 Å². The first-order chi connectivity index (χ1) is 6.77. The van der Waals surface area contributed by atoms with Crippen molar-refractivity contribution in [2.75, 3.05) is 13.7 Å². The van der Waals surface area contributed by atoms with Crippen molar-refractivity contribution in [3.05, 3.63) is 0 Å². The fourth-order valence-electron chi connectivity index (χ4n) is 2.17. The predicted molar refractivity (Wildman–Crippen MR) is 54.0 cm³/mol. The molecule has 0 saturated heterocycles. The molecule has 0 aromatic rings. The van der Waals surface area contributed by atoms with Crippen LogP contribution in [0.25, 0.3) is 0 Å². The molecule has 3 heteroatoms. The van der Waals surface area contributed by atoms with Crippen LogP contribution in [-0.2, 0) is 14.3 Å². The number of rotatable bonds is 5. The summed E-state index contributed by atoms with van der Waals surface area (Å²) in [5.74, 6) is 0.459. The van der Waals surface area contributed by atoms with Crippen LogP contribution < -0.4 is 0 Å². The zero-order valence-corrected chi connectivity index (χ0v) is 9.12. The van der Waals surface area contributed by atoms with Crippen LogP contribution >= 0.6 is 0 Å². The van der Waals surface area contributed by atoms with Crippen LogP contribution in [0.5, 0.6) is 0 Å². The van der Waals surface area contributed by atoms with Crippen LogP contribution in [0.2, 0.25) is 0 Å². The molecule has 1 saturated carbocycles. The van der Waals surface area contributed by atoms with Gasteiger partial charge in [0.25, 0.3) is 0 Å². The molecule has 2 atom stereocenters. The Morgan fingerprint density at radius 1 is 1.43 bits per heavy atom. The molecule has 1 aliphatic rings. The maximum atomic E-state index is 11.0. The molecular formula is C11H20O3. The molecule has 0 spiro atoms. The lowest BCUT2D eigenvalue weighted by molar-refractivity contribution is -0.141. The van der Waals surface area contributed by atoms with Crippen LogP contribution in [0.1, 0.15) is 39.0 Å². The molecule has 0 aromatic carbocycles. The van der Waals surface area contributed by atoms with E-state index in [0.717, 1.165) is 19.4 Å². The van der Waals surface area contributed by atoms with E-state index in [2.05, 4.69) is 4.74 Å². The second-order valence-electron chi connectivity index (χ2n) is 3.80. The predicted octanol–water partition coefficient (Wildman–Crippen LogP) is 2.14. The molecule has 1 fully saturated rings. The van der Waals surface area contributed by atoms with Crippen LogP contribution in [0.15, 0.2) is 0 Å². The van der Waals surface area contributed by atoms with Crippen molar-refractivity contribution in [2.24, 2.45) is 5.92 Å². The molecular weight excluding hydrogens is 180 g/mol. The Morgan fingerprint density at radius 3 is 2.86 bits per heavy atom. The summed E-state index contributed by atoms with van der Waals surface area (Å²) >= 11 is 0. The van der Waals surface area contributed by atoms with E-state index in [9.17, 15) is 4.79 Å². The summed E-state index contributed by atoms with van der Waals surface area (Å²) < 4.78 is 10.3. The summed E-state index contributed by atoms with van der Waals surface area (Å²) in [5.41, 5.74) is 0. The topological polar surface area (TPSA) is 35.5 Å². The van der Waals surface area contributed by atoms with Gasteiger partial charge < -0.3 is 9.47 Å². The smallest absolute Gasteiger partial charge is 0.305 e. The minimum Gasteiger partial charge on any atom is -0.469 e. The SMILES string of the molecule is CCOC1CCCC1CCC(=O)OC. The minimum atomic E-state index is -0.104. The lowest BCUT2D eigenvalue weighted by atomic mass is 9.99. The van der Waals surface area contributed by atoms with Gasteiger partial charge in [0.15, 0.2) is 0 Å². The van der Waals surface area contributed by atoms with Gasteiger partial charge in [0.2, 0.25) is 0 Å². The summed E-state index contributed by atoms with van der Waals surface area (Å²) in [6.45, 7) is 2.80. The Kier molecular flexibility index (Phi) is 4.94. The summed E-state index contributed by atoms with van der Waals surface area (Å²) in [4.78, 5) is 11.0. The maximum absolute atomic E-state index is 11.0. The standard InChI is InChI=1S/C11H20O3/c1-3-14-10-6-4-5-9(10)7-8-11(12)13-2/h9-10H,3-8H2,1-2H3. The molecule has 1 aliphatic carbocycles. The van der Waals surface area contributed by atoms with Gasteiger partial charge in [-0.2, -0.15) is 0 Å². The van der Waals surface area contributed by atoms with Crippen molar-refractivity contribution in [3.63, 3.8) is 0 Å². The van der Waals surface area contributed by atoms with Crippen molar-refractivity contribution >= 4 is 5.97 Å². The quantitative estimate of drug-likeness (QED) is 0.638. The van der Waals surface area contributed by atoms with Crippen molar-refractivity contribution in [1.82, 2.24) is 0 Å².